The van der Waals surface area contributed by atoms with Gasteiger partial charge in [0.1, 0.15) is 61.2 Å². The number of unbranched alkanes of at least 4 members (excludes halogenated alkanes) is 2. The van der Waals surface area contributed by atoms with Crippen molar-refractivity contribution in [1.29, 1.82) is 0 Å². The molecule has 25 nitrogen and oxygen atoms in total. The molecule has 3 saturated heterocycles. The number of hydrogen-bond acceptors (Lipinski definition) is 18. The summed E-state index contributed by atoms with van der Waals surface area (Å²) >= 11 is 0. The second-order valence-electron chi connectivity index (χ2n) is 26.6. The standard InChI is InChI=1S/C70H90N7O18PSi/c1-8-9-11-14-43-17-19-45(20-18-43)46-21-23-47(24-22-46)48-25-27-50(28-26-48)63(85)71-53-36-55(81)68(93-33-34-97(5,6)7)75-67(89)59-60(82)40(2)37-77(59)70(91)57(42(4)79)73-66(88)58(74-65(87)54-35-51(80)38-76(54)69(90)56(41(3)78)72-64(53)86)62(84)61(83)49-29-31-52(32-30-49)95-96(92)94-39-44-15-12-10-13-16-44/h10,12-13,15-32,40-42,51,53-62,68,78-84H,8-9,11,14,33-39H2,1-7H3,(H4-,71,72,73,74,75,85,86,87,88,89)/p+1/t40?,41?,42?,51?,53?,54-,55?,56-,57-,58-,59-,60?,61?,62?,68?/m0/s1. The molecule has 3 aliphatic heterocycles. The van der Waals surface area contributed by atoms with Crippen LogP contribution in [0.1, 0.15) is 93.0 Å². The molecule has 5 aromatic carbocycles. The van der Waals surface area contributed by atoms with Gasteiger partial charge in [-0.05, 0) is 95.9 Å². The summed E-state index contributed by atoms with van der Waals surface area (Å²) in [5.74, 6) is -8.85. The molecule has 0 aromatic heterocycles. The Kier molecular flexibility index (Phi) is 26.3. The number of rotatable bonds is 22. The van der Waals surface area contributed by atoms with E-state index in [9.17, 15) is 73.9 Å². The van der Waals surface area contributed by atoms with Gasteiger partial charge >= 0.3 is 8.25 Å². The fourth-order valence-corrected chi connectivity index (χ4v) is 13.2. The lowest BCUT2D eigenvalue weighted by atomic mass is 9.96. The minimum absolute atomic E-state index is 0.00218. The van der Waals surface area contributed by atoms with Crippen LogP contribution in [0, 0.1) is 5.92 Å². The number of benzene rings is 5. The summed E-state index contributed by atoms with van der Waals surface area (Å²) in [6, 6.07) is 25.6. The molecular weight excluding hydrogens is 1290 g/mol. The van der Waals surface area contributed by atoms with Crippen molar-refractivity contribution in [2.24, 2.45) is 5.92 Å². The minimum atomic E-state index is -2.71. The highest BCUT2D eigenvalue weighted by Gasteiger charge is 2.50. The Morgan fingerprint density at radius 1 is 0.649 bits per heavy atom. The van der Waals surface area contributed by atoms with Crippen molar-refractivity contribution in [2.45, 2.75) is 184 Å². The van der Waals surface area contributed by atoms with Gasteiger partial charge in [-0.2, -0.15) is 0 Å². The lowest BCUT2D eigenvalue weighted by Gasteiger charge is -2.34. The predicted octanol–water partition coefficient (Wildman–Crippen LogP) is 4.15. The van der Waals surface area contributed by atoms with Gasteiger partial charge in [-0.25, -0.2) is 4.52 Å². The number of fused-ring (bicyclic) bond motifs is 2. The molecule has 11 unspecified atom stereocenters. The van der Waals surface area contributed by atoms with Gasteiger partial charge in [-0.15, -0.1) is 4.52 Å². The molecule has 5 aromatic rings. The van der Waals surface area contributed by atoms with Crippen LogP contribution in [0.3, 0.4) is 0 Å². The van der Waals surface area contributed by atoms with Crippen LogP contribution < -0.4 is 31.1 Å². The van der Waals surface area contributed by atoms with Gasteiger partial charge < -0.3 is 76.9 Å². The van der Waals surface area contributed by atoms with Gasteiger partial charge in [0, 0.05) is 56.7 Å². The average Bonchev–Trinajstić information content (AvgIpc) is 1.67. The zero-order chi connectivity index (χ0) is 70.4. The zero-order valence-corrected chi connectivity index (χ0v) is 57.4. The smallest absolute Gasteiger partial charge is 0.391 e. The number of hydrogen-bond donors (Lipinski definition) is 12. The summed E-state index contributed by atoms with van der Waals surface area (Å²) in [7, 11) is -4.63. The fraction of sp³-hybridized carbons (Fsp3) is 0.471. The van der Waals surface area contributed by atoms with Gasteiger partial charge in [0.25, 0.3) is 5.91 Å². The largest absolute Gasteiger partial charge is 0.750 e. The molecule has 16 atom stereocenters. The number of aliphatic hydroxyl groups is 7. The van der Waals surface area contributed by atoms with E-state index in [0.29, 0.717) is 6.04 Å². The van der Waals surface area contributed by atoms with Gasteiger partial charge in [0.15, 0.2) is 12.0 Å². The first-order valence-electron chi connectivity index (χ1n) is 32.8. The second kappa shape index (κ2) is 34.1. The molecule has 0 bridgehead atoms. The number of amides is 7. The number of nitrogens with zero attached hydrogens (tertiary/aromatic N) is 2. The Labute approximate surface area is 566 Å². The Bertz CT molecular complexity index is 3510. The molecule has 97 heavy (non-hydrogen) atoms. The minimum Gasteiger partial charge on any atom is -0.391 e. The highest BCUT2D eigenvalue weighted by molar-refractivity contribution is 7.33. The SMILES string of the molecule is CCCCCc1ccc(-c2ccc(-c3ccc(C(=O)NC4CC(O)C(OCC[Si](C)(C)C)NC(=O)[C@@H]5C(O)C(C)CN5C(=O)[C@H](C(C)O)NC(=O)[C@H](C(O)C(O)c5ccc(O[P+](=O)OCc6ccccc6)cc5)NC(=O)[C@@H]5CC(O)CN5C(=O)[C@H](C(C)O)NC4=O)cc3)cc2)cc1. The van der Waals surface area contributed by atoms with Gasteiger partial charge in [0.2, 0.25) is 35.4 Å². The fourth-order valence-electron chi connectivity index (χ4n) is 11.9. The summed E-state index contributed by atoms with van der Waals surface area (Å²) in [4.78, 5) is 105. The van der Waals surface area contributed by atoms with Gasteiger partial charge in [0.05, 0.1) is 24.4 Å². The number of aryl methyl sites for hydroxylation is 1. The summed E-state index contributed by atoms with van der Waals surface area (Å²) in [5.41, 5.74) is 5.60. The number of ether oxygens (including phenoxy) is 1. The molecule has 3 aliphatic rings. The van der Waals surface area contributed by atoms with Crippen LogP contribution in [0.5, 0.6) is 5.75 Å². The van der Waals surface area contributed by atoms with Crippen LogP contribution in [-0.2, 0) is 55.6 Å². The zero-order valence-electron chi connectivity index (χ0n) is 55.5. The highest BCUT2D eigenvalue weighted by atomic mass is 31.1. The van der Waals surface area contributed by atoms with Crippen molar-refractivity contribution in [3.63, 3.8) is 0 Å². The van der Waals surface area contributed by atoms with Crippen LogP contribution in [0.25, 0.3) is 22.3 Å². The van der Waals surface area contributed by atoms with E-state index in [1.165, 1.54) is 55.3 Å². The predicted molar refractivity (Wildman–Crippen MR) is 361 cm³/mol. The summed E-state index contributed by atoms with van der Waals surface area (Å²) in [5, 5.41) is 93.9. The normalized spacial score (nSPS) is 25.4. The number of carbonyl (C=O) groups excluding carboxylic acids is 7. The van der Waals surface area contributed by atoms with Crippen molar-refractivity contribution in [1.82, 2.24) is 36.4 Å². The van der Waals surface area contributed by atoms with Crippen molar-refractivity contribution in [3.8, 4) is 28.0 Å². The Morgan fingerprint density at radius 2 is 1.21 bits per heavy atom. The third kappa shape index (κ3) is 19.9. The molecule has 8 rings (SSSR count). The van der Waals surface area contributed by atoms with Crippen LogP contribution >= 0.6 is 8.25 Å². The molecule has 0 saturated carbocycles. The summed E-state index contributed by atoms with van der Waals surface area (Å²) in [6.07, 6.45) is -11.5. The van der Waals surface area contributed by atoms with Gasteiger partial charge in [-0.1, -0.05) is 149 Å². The lowest BCUT2D eigenvalue weighted by molar-refractivity contribution is -0.149. The van der Waals surface area contributed by atoms with E-state index < -0.39 is 168 Å². The van der Waals surface area contributed by atoms with Crippen LogP contribution in [0.15, 0.2) is 127 Å². The Morgan fingerprint density at radius 3 is 1.78 bits per heavy atom. The molecule has 7 amide bonds. The van der Waals surface area contributed by atoms with Crippen molar-refractivity contribution in [3.05, 3.63) is 150 Å². The van der Waals surface area contributed by atoms with Crippen molar-refractivity contribution in [2.75, 3.05) is 19.7 Å². The maximum Gasteiger partial charge on any atom is 0.750 e. The first kappa shape index (κ1) is 74.9. The van der Waals surface area contributed by atoms with Crippen molar-refractivity contribution >= 4 is 57.7 Å². The number of carbonyl (C=O) groups is 7. The first-order valence-corrected chi connectivity index (χ1v) is 37.6. The topological polar surface area (TPSA) is 372 Å². The van der Waals surface area contributed by atoms with E-state index in [2.05, 4.69) is 57.8 Å². The molecule has 0 spiro atoms. The monoisotopic (exact) mass is 1380 g/mol. The van der Waals surface area contributed by atoms with E-state index >= 15 is 0 Å². The average molecular weight is 1380 g/mol. The quantitative estimate of drug-likeness (QED) is 0.0263. The summed E-state index contributed by atoms with van der Waals surface area (Å²) < 4.78 is 29.6. The molecule has 12 N–H and O–H groups in total. The Balaban J connectivity index is 1.11. The third-order valence-electron chi connectivity index (χ3n) is 17.7. The molecule has 27 heteroatoms. The second-order valence-corrected chi connectivity index (χ2v) is 33.1. The molecule has 0 aliphatic carbocycles. The third-order valence-corrected chi connectivity index (χ3v) is 20.1. The molecular formula is C70H91N7O18PSi+. The van der Waals surface area contributed by atoms with Crippen molar-refractivity contribution < 1.29 is 87.7 Å². The maximum absolute atomic E-state index is 14.9. The van der Waals surface area contributed by atoms with E-state index in [0.717, 1.165) is 70.7 Å². The van der Waals surface area contributed by atoms with Crippen LogP contribution in [-0.4, -0.2) is 194 Å². The highest BCUT2D eigenvalue weighted by Crippen LogP contribution is 2.33. The Hall–Kier alpha value is -7.85. The first-order chi connectivity index (χ1) is 46.1. The van der Waals surface area contributed by atoms with Gasteiger partial charge in [-0.3, -0.25) is 33.6 Å². The molecule has 3 fully saturated rings. The summed E-state index contributed by atoms with van der Waals surface area (Å²) in [6.45, 7) is 11.1. The molecule has 0 radical (unpaired) electrons. The maximum atomic E-state index is 14.9. The van der Waals surface area contributed by atoms with E-state index in [-0.39, 0.29) is 36.6 Å². The van der Waals surface area contributed by atoms with E-state index in [1.807, 2.05) is 43.9 Å². The molecule has 3 heterocycles. The van der Waals surface area contributed by atoms with E-state index in [4.69, 9.17) is 13.8 Å². The molecule has 522 valence electrons. The number of aliphatic hydroxyl groups excluding tert-OH is 7. The van der Waals surface area contributed by atoms with E-state index in [1.54, 1.807) is 42.5 Å². The van der Waals surface area contributed by atoms with Crippen LogP contribution in [0.4, 0.5) is 0 Å². The van der Waals surface area contributed by atoms with Crippen LogP contribution in [0.2, 0.25) is 25.7 Å². The number of nitrogens with one attached hydrogen (secondary N) is 5. The lowest BCUT2D eigenvalue weighted by Crippen LogP contribution is -2.64.